The van der Waals surface area contributed by atoms with Crippen LogP contribution < -0.4 is 14.8 Å². The average Bonchev–Trinajstić information content (AvgIpc) is 2.88. The maximum Gasteiger partial charge on any atom is 0.262 e. The molecule has 1 N–H and O–H groups in total. The van der Waals surface area contributed by atoms with E-state index in [2.05, 4.69) is 58.2 Å². The summed E-state index contributed by atoms with van der Waals surface area (Å²) in [7, 11) is 6.14. The van der Waals surface area contributed by atoms with E-state index in [1.807, 2.05) is 32.3 Å². The van der Waals surface area contributed by atoms with Crippen molar-refractivity contribution in [3.63, 3.8) is 0 Å². The van der Waals surface area contributed by atoms with Crippen LogP contribution in [0.3, 0.4) is 0 Å². The van der Waals surface area contributed by atoms with E-state index >= 15 is 0 Å². The van der Waals surface area contributed by atoms with Crippen molar-refractivity contribution in [2.75, 3.05) is 24.3 Å². The Labute approximate surface area is 152 Å². The highest BCUT2D eigenvalue weighted by Crippen LogP contribution is 2.25. The molecule has 0 saturated heterocycles. The van der Waals surface area contributed by atoms with Crippen molar-refractivity contribution in [2.24, 2.45) is 7.05 Å². The lowest BCUT2D eigenvalue weighted by molar-refractivity contribution is -0.642. The zero-order valence-corrected chi connectivity index (χ0v) is 15.7. The van der Waals surface area contributed by atoms with E-state index in [1.165, 1.54) is 18.2 Å². The number of carbonyl (C=O) groups excluding carboxylic acids is 1. The van der Waals surface area contributed by atoms with E-state index in [9.17, 15) is 4.79 Å². The minimum absolute atomic E-state index is 0.0541. The normalized spacial score (nSPS) is 11.2. The molecule has 1 aromatic heterocycles. The summed E-state index contributed by atoms with van der Waals surface area (Å²) >= 11 is 1.71. The Morgan fingerprint density at radius 2 is 1.84 bits per heavy atom. The van der Waals surface area contributed by atoms with Crippen molar-refractivity contribution in [3.8, 4) is 0 Å². The maximum atomic E-state index is 11.2. The number of benzene rings is 2. The van der Waals surface area contributed by atoms with E-state index in [-0.39, 0.29) is 5.91 Å². The van der Waals surface area contributed by atoms with E-state index in [0.29, 0.717) is 0 Å². The van der Waals surface area contributed by atoms with Crippen molar-refractivity contribution in [1.29, 1.82) is 0 Å². The molecule has 5 heteroatoms. The molecule has 0 fully saturated rings. The fourth-order valence-corrected chi connectivity index (χ4v) is 3.74. The second-order valence-electron chi connectivity index (χ2n) is 6.18. The van der Waals surface area contributed by atoms with Crippen LogP contribution in [-0.4, -0.2) is 20.0 Å². The molecule has 0 saturated carbocycles. The van der Waals surface area contributed by atoms with Gasteiger partial charge in [-0.05, 0) is 35.9 Å². The van der Waals surface area contributed by atoms with Gasteiger partial charge in [-0.15, -0.1) is 0 Å². The van der Waals surface area contributed by atoms with Gasteiger partial charge in [0, 0.05) is 44.5 Å². The van der Waals surface area contributed by atoms with E-state index in [1.54, 1.807) is 11.3 Å². The number of nitrogens with one attached hydrogen (secondary N) is 1. The standard InChI is InChI=1S/C20H21N3OS/c1-14(24)21-16-8-11-18-19(13-16)25-20(23(18)4)12-7-15-5-9-17(10-6-15)22(2)3/h5-13H,1-4H3/p+1. The summed E-state index contributed by atoms with van der Waals surface area (Å²) in [5.41, 5.74) is 4.34. The van der Waals surface area contributed by atoms with Crippen molar-refractivity contribution >= 4 is 51.0 Å². The number of rotatable bonds is 4. The number of hydrogen-bond acceptors (Lipinski definition) is 3. The number of carbonyl (C=O) groups is 1. The second kappa shape index (κ2) is 7.07. The van der Waals surface area contributed by atoms with Gasteiger partial charge in [-0.2, -0.15) is 4.57 Å². The zero-order valence-electron chi connectivity index (χ0n) is 14.9. The predicted octanol–water partition coefficient (Wildman–Crippen LogP) is 3.92. The first kappa shape index (κ1) is 17.2. The van der Waals surface area contributed by atoms with Gasteiger partial charge in [-0.3, -0.25) is 4.79 Å². The Morgan fingerprint density at radius 1 is 1.12 bits per heavy atom. The lowest BCUT2D eigenvalue weighted by atomic mass is 10.2. The summed E-state index contributed by atoms with van der Waals surface area (Å²) in [5, 5.41) is 3.99. The Morgan fingerprint density at radius 3 is 2.48 bits per heavy atom. The minimum atomic E-state index is -0.0541. The van der Waals surface area contributed by atoms with Gasteiger partial charge in [0.05, 0.1) is 0 Å². The number of amides is 1. The van der Waals surface area contributed by atoms with Crippen molar-refractivity contribution in [3.05, 3.63) is 53.0 Å². The Hall–Kier alpha value is -2.66. The van der Waals surface area contributed by atoms with Gasteiger partial charge in [-0.25, -0.2) is 0 Å². The molecule has 4 nitrogen and oxygen atoms in total. The van der Waals surface area contributed by atoms with E-state index < -0.39 is 0 Å². The highest BCUT2D eigenvalue weighted by Gasteiger charge is 2.15. The molecule has 0 spiro atoms. The van der Waals surface area contributed by atoms with Gasteiger partial charge < -0.3 is 10.2 Å². The van der Waals surface area contributed by atoms with Crippen molar-refractivity contribution in [2.45, 2.75) is 6.92 Å². The number of thiazole rings is 1. The molecule has 0 bridgehead atoms. The molecule has 0 radical (unpaired) electrons. The molecule has 1 amide bonds. The Balaban J connectivity index is 1.87. The van der Waals surface area contributed by atoms with Crippen LogP contribution in [0.4, 0.5) is 11.4 Å². The van der Waals surface area contributed by atoms with Gasteiger partial charge in [0.2, 0.25) is 11.4 Å². The molecule has 0 unspecified atom stereocenters. The molecule has 0 aliphatic carbocycles. The molecule has 0 aliphatic heterocycles. The Kier molecular flexibility index (Phi) is 4.86. The topological polar surface area (TPSA) is 36.2 Å². The van der Waals surface area contributed by atoms with Crippen LogP contribution in [0.1, 0.15) is 17.5 Å². The van der Waals surface area contributed by atoms with Crippen LogP contribution in [0.2, 0.25) is 0 Å². The fourth-order valence-electron chi connectivity index (χ4n) is 2.65. The highest BCUT2D eigenvalue weighted by molar-refractivity contribution is 7.18. The SMILES string of the molecule is CC(=O)Nc1ccc2c(c1)sc(C=Cc1ccc(N(C)C)cc1)[n+]2C. The highest BCUT2D eigenvalue weighted by atomic mass is 32.1. The average molecular weight is 352 g/mol. The van der Waals surface area contributed by atoms with Crippen molar-refractivity contribution in [1.82, 2.24) is 0 Å². The molecule has 1 heterocycles. The van der Waals surface area contributed by atoms with Gasteiger partial charge >= 0.3 is 0 Å². The summed E-state index contributed by atoms with van der Waals surface area (Å²) in [6.45, 7) is 1.52. The van der Waals surface area contributed by atoms with Crippen LogP contribution >= 0.6 is 11.3 Å². The molecule has 0 atom stereocenters. The smallest absolute Gasteiger partial charge is 0.262 e. The number of anilines is 2. The summed E-state index contributed by atoms with van der Waals surface area (Å²) < 4.78 is 3.32. The van der Waals surface area contributed by atoms with Crippen LogP contribution in [0.25, 0.3) is 22.4 Å². The summed E-state index contributed by atoms with van der Waals surface area (Å²) in [6.07, 6.45) is 4.26. The third-order valence-corrected chi connectivity index (χ3v) is 5.18. The van der Waals surface area contributed by atoms with Gasteiger partial charge in [-0.1, -0.05) is 23.5 Å². The summed E-state index contributed by atoms with van der Waals surface area (Å²) in [5.74, 6) is -0.0541. The predicted molar refractivity (Wildman–Crippen MR) is 107 cm³/mol. The summed E-state index contributed by atoms with van der Waals surface area (Å²) in [4.78, 5) is 13.3. The van der Waals surface area contributed by atoms with E-state index in [0.717, 1.165) is 20.9 Å². The third-order valence-electron chi connectivity index (χ3n) is 4.01. The van der Waals surface area contributed by atoms with Crippen LogP contribution in [-0.2, 0) is 11.8 Å². The Bertz CT molecular complexity index is 939. The second-order valence-corrected chi connectivity index (χ2v) is 7.24. The first-order chi connectivity index (χ1) is 11.9. The number of aryl methyl sites for hydroxylation is 1. The largest absolute Gasteiger partial charge is 0.378 e. The number of hydrogen-bond donors (Lipinski definition) is 1. The zero-order chi connectivity index (χ0) is 18.0. The van der Waals surface area contributed by atoms with Crippen molar-refractivity contribution < 1.29 is 9.36 Å². The third kappa shape index (κ3) is 3.88. The minimum Gasteiger partial charge on any atom is -0.378 e. The van der Waals surface area contributed by atoms with Gasteiger partial charge in [0.25, 0.3) is 5.01 Å². The number of aromatic nitrogens is 1. The van der Waals surface area contributed by atoms with Gasteiger partial charge in [0.1, 0.15) is 11.7 Å². The first-order valence-electron chi connectivity index (χ1n) is 8.09. The molecular formula is C20H22N3OS+. The van der Waals surface area contributed by atoms with E-state index in [4.69, 9.17) is 0 Å². The van der Waals surface area contributed by atoms with Gasteiger partial charge in [0.15, 0.2) is 0 Å². The quantitative estimate of drug-likeness (QED) is 0.723. The van der Waals surface area contributed by atoms with Crippen LogP contribution in [0, 0.1) is 0 Å². The maximum absolute atomic E-state index is 11.2. The number of fused-ring (bicyclic) bond motifs is 1. The lowest BCUT2D eigenvalue weighted by Gasteiger charge is -2.11. The van der Waals surface area contributed by atoms with Crippen LogP contribution in [0.15, 0.2) is 42.5 Å². The summed E-state index contributed by atoms with van der Waals surface area (Å²) in [6, 6.07) is 14.5. The molecular weight excluding hydrogens is 330 g/mol. The molecule has 3 rings (SSSR count). The molecule has 128 valence electrons. The number of nitrogens with zero attached hydrogens (tertiary/aromatic N) is 2. The lowest BCUT2D eigenvalue weighted by Crippen LogP contribution is -2.28. The molecule has 0 aliphatic rings. The molecule has 2 aromatic carbocycles. The molecule has 3 aromatic rings. The molecule has 25 heavy (non-hydrogen) atoms. The monoisotopic (exact) mass is 352 g/mol. The fraction of sp³-hybridized carbons (Fsp3) is 0.200. The van der Waals surface area contributed by atoms with Crippen LogP contribution in [0.5, 0.6) is 0 Å². The first-order valence-corrected chi connectivity index (χ1v) is 8.91.